The van der Waals surface area contributed by atoms with E-state index in [1.165, 1.54) is 6.92 Å². The van der Waals surface area contributed by atoms with Crippen LogP contribution in [0.15, 0.2) is 69.0 Å². The van der Waals surface area contributed by atoms with Gasteiger partial charge in [-0.05, 0) is 54.8 Å². The van der Waals surface area contributed by atoms with Crippen LogP contribution in [0.2, 0.25) is 0 Å². The molecule has 1 aromatic heterocycles. The molecule has 22 heavy (non-hydrogen) atoms. The minimum absolute atomic E-state index is 0.0233. The van der Waals surface area contributed by atoms with Gasteiger partial charge in [-0.2, -0.15) is 0 Å². The fourth-order valence-electron chi connectivity index (χ4n) is 2.87. The van der Waals surface area contributed by atoms with E-state index in [1.54, 1.807) is 12.3 Å². The van der Waals surface area contributed by atoms with Crippen LogP contribution >= 0.6 is 15.9 Å². The van der Waals surface area contributed by atoms with Crippen LogP contribution < -0.4 is 0 Å². The summed E-state index contributed by atoms with van der Waals surface area (Å²) in [5.41, 5.74) is 2.33. The van der Waals surface area contributed by atoms with E-state index in [0.717, 1.165) is 15.6 Å². The zero-order valence-corrected chi connectivity index (χ0v) is 13.6. The monoisotopic (exact) mass is 358 g/mol. The van der Waals surface area contributed by atoms with Crippen molar-refractivity contribution in [1.29, 1.82) is 0 Å². The highest BCUT2D eigenvalue weighted by atomic mass is 79.9. The Morgan fingerprint density at radius 1 is 1.32 bits per heavy atom. The summed E-state index contributed by atoms with van der Waals surface area (Å²) < 4.78 is 6.37. The zero-order valence-electron chi connectivity index (χ0n) is 12.0. The van der Waals surface area contributed by atoms with Crippen molar-refractivity contribution < 1.29 is 14.3 Å². The van der Waals surface area contributed by atoms with Crippen molar-refractivity contribution in [2.45, 2.75) is 19.3 Å². The molecule has 1 aliphatic rings. The lowest BCUT2D eigenvalue weighted by atomic mass is 9.79. The molecule has 0 saturated heterocycles. The topological polar surface area (TPSA) is 50.4 Å². The molecule has 1 atom stereocenters. The Morgan fingerprint density at radius 2 is 2.14 bits per heavy atom. The molecule has 3 nitrogen and oxygen atoms in total. The van der Waals surface area contributed by atoms with Crippen LogP contribution in [-0.4, -0.2) is 10.9 Å². The van der Waals surface area contributed by atoms with Gasteiger partial charge in [0.1, 0.15) is 11.5 Å². The molecule has 0 bridgehead atoms. The van der Waals surface area contributed by atoms with Crippen molar-refractivity contribution in [2.24, 2.45) is 0 Å². The predicted octanol–water partition coefficient (Wildman–Crippen LogP) is 5.01. The Hall–Kier alpha value is -2.07. The van der Waals surface area contributed by atoms with E-state index < -0.39 is 0 Å². The van der Waals surface area contributed by atoms with Gasteiger partial charge in [-0.25, -0.2) is 0 Å². The molecule has 1 N–H and O–H groups in total. The molecule has 0 fully saturated rings. The standard InChI is InChI=1S/C18H15BrO3/c1-11(20)18-15(12-4-2-5-14(19)8-12)9-13(10-16(18)21)17-6-3-7-22-17/h2-8,10,15,21H,9H2,1H3. The fourth-order valence-corrected chi connectivity index (χ4v) is 3.29. The first kappa shape index (κ1) is 14.9. The lowest BCUT2D eigenvalue weighted by molar-refractivity contribution is -0.114. The number of rotatable bonds is 3. The van der Waals surface area contributed by atoms with Crippen LogP contribution in [-0.2, 0) is 4.79 Å². The zero-order chi connectivity index (χ0) is 15.7. The van der Waals surface area contributed by atoms with E-state index in [9.17, 15) is 9.90 Å². The van der Waals surface area contributed by atoms with Gasteiger partial charge in [-0.3, -0.25) is 4.79 Å². The van der Waals surface area contributed by atoms with Crippen molar-refractivity contribution in [3.05, 3.63) is 75.9 Å². The Labute approximate surface area is 137 Å². The number of benzene rings is 1. The van der Waals surface area contributed by atoms with Gasteiger partial charge in [0.25, 0.3) is 0 Å². The summed E-state index contributed by atoms with van der Waals surface area (Å²) in [6.45, 7) is 1.49. The van der Waals surface area contributed by atoms with Gasteiger partial charge in [0, 0.05) is 16.0 Å². The average molecular weight is 359 g/mol. The van der Waals surface area contributed by atoms with Crippen LogP contribution in [0.1, 0.15) is 30.6 Å². The molecule has 112 valence electrons. The van der Waals surface area contributed by atoms with Crippen LogP contribution in [0.4, 0.5) is 0 Å². The summed E-state index contributed by atoms with van der Waals surface area (Å²) in [6, 6.07) is 11.5. The van der Waals surface area contributed by atoms with Gasteiger partial charge >= 0.3 is 0 Å². The van der Waals surface area contributed by atoms with Crippen LogP contribution in [0.3, 0.4) is 0 Å². The van der Waals surface area contributed by atoms with Crippen molar-refractivity contribution >= 4 is 27.3 Å². The van der Waals surface area contributed by atoms with Gasteiger partial charge in [0.2, 0.25) is 0 Å². The number of furan rings is 1. The summed E-state index contributed by atoms with van der Waals surface area (Å²) in [4.78, 5) is 12.0. The van der Waals surface area contributed by atoms with Crippen molar-refractivity contribution in [3.63, 3.8) is 0 Å². The first-order valence-corrected chi connectivity index (χ1v) is 7.79. The smallest absolute Gasteiger partial charge is 0.160 e. The Morgan fingerprint density at radius 3 is 2.77 bits per heavy atom. The van der Waals surface area contributed by atoms with E-state index in [2.05, 4.69) is 15.9 Å². The van der Waals surface area contributed by atoms with E-state index in [0.29, 0.717) is 17.8 Å². The number of aliphatic hydroxyl groups excluding tert-OH is 1. The van der Waals surface area contributed by atoms with Crippen molar-refractivity contribution in [2.75, 3.05) is 0 Å². The van der Waals surface area contributed by atoms with Crippen molar-refractivity contribution in [3.8, 4) is 0 Å². The number of ketones is 1. The molecule has 2 aromatic rings. The van der Waals surface area contributed by atoms with E-state index in [1.807, 2.05) is 36.4 Å². The lowest BCUT2D eigenvalue weighted by Gasteiger charge is -2.25. The third-order valence-corrected chi connectivity index (χ3v) is 4.32. The molecule has 3 rings (SSSR count). The SMILES string of the molecule is CC(=O)C1=C(O)C=C(c2ccco2)CC1c1cccc(Br)c1. The number of allylic oxidation sites excluding steroid dienone is 3. The van der Waals surface area contributed by atoms with Gasteiger partial charge in [0.05, 0.1) is 6.26 Å². The summed E-state index contributed by atoms with van der Waals surface area (Å²) in [5, 5.41) is 10.3. The van der Waals surface area contributed by atoms with Gasteiger partial charge in [0.15, 0.2) is 5.78 Å². The quantitative estimate of drug-likeness (QED) is 0.838. The first-order chi connectivity index (χ1) is 10.6. The second kappa shape index (κ2) is 5.97. The number of halogens is 1. The number of Topliss-reactive ketones (excluding diaryl/α,β-unsaturated/α-hetero) is 1. The molecule has 1 heterocycles. The van der Waals surface area contributed by atoms with E-state index >= 15 is 0 Å². The second-order valence-corrected chi connectivity index (χ2v) is 6.23. The second-order valence-electron chi connectivity index (χ2n) is 5.31. The Bertz CT molecular complexity index is 769. The summed E-state index contributed by atoms with van der Waals surface area (Å²) in [6.07, 6.45) is 3.85. The maximum atomic E-state index is 12.0. The number of aliphatic hydroxyl groups is 1. The molecular weight excluding hydrogens is 344 g/mol. The number of hydrogen-bond donors (Lipinski definition) is 1. The highest BCUT2D eigenvalue weighted by Crippen LogP contribution is 2.41. The number of carbonyl (C=O) groups is 1. The maximum absolute atomic E-state index is 12.0. The highest BCUT2D eigenvalue weighted by Gasteiger charge is 2.29. The largest absolute Gasteiger partial charge is 0.508 e. The van der Waals surface area contributed by atoms with E-state index in [4.69, 9.17) is 4.42 Å². The molecule has 0 saturated carbocycles. The molecule has 0 spiro atoms. The average Bonchev–Trinajstić information content (AvgIpc) is 3.00. The number of hydrogen-bond acceptors (Lipinski definition) is 3. The Kier molecular flexibility index (Phi) is 4.03. The third-order valence-electron chi connectivity index (χ3n) is 3.83. The maximum Gasteiger partial charge on any atom is 0.160 e. The molecule has 4 heteroatoms. The molecule has 1 aliphatic carbocycles. The lowest BCUT2D eigenvalue weighted by Crippen LogP contribution is -2.16. The van der Waals surface area contributed by atoms with Crippen LogP contribution in [0.25, 0.3) is 5.57 Å². The first-order valence-electron chi connectivity index (χ1n) is 7.00. The Balaban J connectivity index is 2.09. The van der Waals surface area contributed by atoms with Crippen molar-refractivity contribution in [1.82, 2.24) is 0 Å². The van der Waals surface area contributed by atoms with Gasteiger partial charge in [-0.1, -0.05) is 28.1 Å². The molecule has 1 unspecified atom stereocenters. The van der Waals surface area contributed by atoms with Gasteiger partial charge in [-0.15, -0.1) is 0 Å². The molecule has 1 aromatic carbocycles. The summed E-state index contributed by atoms with van der Waals surface area (Å²) in [5.74, 6) is 0.446. The summed E-state index contributed by atoms with van der Waals surface area (Å²) in [7, 11) is 0. The van der Waals surface area contributed by atoms with Gasteiger partial charge < -0.3 is 9.52 Å². The summed E-state index contributed by atoms with van der Waals surface area (Å²) >= 11 is 3.46. The number of carbonyl (C=O) groups excluding carboxylic acids is 1. The normalized spacial score (nSPS) is 18.3. The highest BCUT2D eigenvalue weighted by molar-refractivity contribution is 9.10. The minimum Gasteiger partial charge on any atom is -0.508 e. The fraction of sp³-hybridized carbons (Fsp3) is 0.167. The predicted molar refractivity (Wildman–Crippen MR) is 88.5 cm³/mol. The molecule has 0 amide bonds. The molecule has 0 aliphatic heterocycles. The van der Waals surface area contributed by atoms with Crippen LogP contribution in [0.5, 0.6) is 0 Å². The molecular formula is C18H15BrO3. The van der Waals surface area contributed by atoms with Crippen LogP contribution in [0, 0.1) is 0 Å². The molecule has 0 radical (unpaired) electrons. The minimum atomic E-state index is -0.180. The third kappa shape index (κ3) is 2.79. The van der Waals surface area contributed by atoms with E-state index in [-0.39, 0.29) is 17.5 Å².